The van der Waals surface area contributed by atoms with Crippen LogP contribution in [0.5, 0.6) is 0 Å². The zero-order valence-electron chi connectivity index (χ0n) is 10.7. The highest BCUT2D eigenvalue weighted by molar-refractivity contribution is 7.85. The fraction of sp³-hybridized carbons (Fsp3) is 0.571. The van der Waals surface area contributed by atoms with Gasteiger partial charge in [-0.25, -0.2) is 4.39 Å². The fourth-order valence-electron chi connectivity index (χ4n) is 2.95. The summed E-state index contributed by atoms with van der Waals surface area (Å²) in [6.07, 6.45) is 4.85. The van der Waals surface area contributed by atoms with Crippen molar-refractivity contribution in [2.75, 3.05) is 12.3 Å². The van der Waals surface area contributed by atoms with Gasteiger partial charge in [-0.15, -0.1) is 0 Å². The van der Waals surface area contributed by atoms with Crippen molar-refractivity contribution in [3.05, 3.63) is 24.0 Å². The van der Waals surface area contributed by atoms with Gasteiger partial charge in [0.25, 0.3) is 0 Å². The second kappa shape index (κ2) is 4.87. The van der Waals surface area contributed by atoms with Gasteiger partial charge in [0.05, 0.1) is 21.3 Å². The van der Waals surface area contributed by atoms with Gasteiger partial charge in [-0.05, 0) is 50.3 Å². The van der Waals surface area contributed by atoms with Crippen LogP contribution in [-0.4, -0.2) is 21.7 Å². The SMILES string of the molecule is Nc1ccc(F)cc1S(=O)C1CCOC2(CCC2)C1. The molecule has 2 atom stereocenters. The second-order valence-electron chi connectivity index (χ2n) is 5.48. The summed E-state index contributed by atoms with van der Waals surface area (Å²) in [7, 11) is -1.25. The number of hydrogen-bond acceptors (Lipinski definition) is 3. The Morgan fingerprint density at radius 2 is 2.21 bits per heavy atom. The summed E-state index contributed by atoms with van der Waals surface area (Å²) >= 11 is 0. The largest absolute Gasteiger partial charge is 0.398 e. The first kappa shape index (κ1) is 13.1. The molecule has 2 fully saturated rings. The Morgan fingerprint density at radius 1 is 1.42 bits per heavy atom. The van der Waals surface area contributed by atoms with Crippen molar-refractivity contribution in [1.82, 2.24) is 0 Å². The minimum absolute atomic E-state index is 0.0261. The van der Waals surface area contributed by atoms with Crippen molar-refractivity contribution in [2.24, 2.45) is 0 Å². The third-order valence-corrected chi connectivity index (χ3v) is 6.00. The highest BCUT2D eigenvalue weighted by Gasteiger charge is 2.44. The van der Waals surface area contributed by atoms with E-state index in [4.69, 9.17) is 10.5 Å². The summed E-state index contributed by atoms with van der Waals surface area (Å²) in [5.41, 5.74) is 6.18. The molecule has 1 spiro atoms. The van der Waals surface area contributed by atoms with Crippen LogP contribution in [-0.2, 0) is 15.5 Å². The highest BCUT2D eigenvalue weighted by Crippen LogP contribution is 2.44. The Bertz CT molecular complexity index is 516. The van der Waals surface area contributed by atoms with Crippen molar-refractivity contribution >= 4 is 16.5 Å². The maximum Gasteiger partial charge on any atom is 0.124 e. The van der Waals surface area contributed by atoms with E-state index in [1.54, 1.807) is 0 Å². The van der Waals surface area contributed by atoms with Gasteiger partial charge in [-0.3, -0.25) is 4.21 Å². The zero-order valence-corrected chi connectivity index (χ0v) is 11.5. The van der Waals surface area contributed by atoms with Crippen molar-refractivity contribution in [3.8, 4) is 0 Å². The van der Waals surface area contributed by atoms with E-state index in [9.17, 15) is 8.60 Å². The van der Waals surface area contributed by atoms with E-state index in [1.807, 2.05) is 0 Å². The third kappa shape index (κ3) is 2.41. The Kier molecular flexibility index (Phi) is 3.35. The lowest BCUT2D eigenvalue weighted by Crippen LogP contribution is -2.48. The first-order valence-corrected chi connectivity index (χ1v) is 7.91. The molecule has 3 rings (SSSR count). The lowest BCUT2D eigenvalue weighted by molar-refractivity contribution is -0.125. The fourth-order valence-corrected chi connectivity index (χ4v) is 4.60. The van der Waals surface area contributed by atoms with E-state index in [1.165, 1.54) is 24.6 Å². The molecule has 5 heteroatoms. The number of ether oxygens (including phenoxy) is 1. The molecule has 1 aromatic rings. The third-order valence-electron chi connectivity index (χ3n) is 4.21. The molecule has 1 aliphatic heterocycles. The molecular formula is C14H18FNO2S. The van der Waals surface area contributed by atoms with Crippen LogP contribution in [0.1, 0.15) is 32.1 Å². The quantitative estimate of drug-likeness (QED) is 0.849. The first-order valence-electron chi connectivity index (χ1n) is 6.69. The van der Waals surface area contributed by atoms with Gasteiger partial charge in [0.1, 0.15) is 5.82 Å². The monoisotopic (exact) mass is 283 g/mol. The number of rotatable bonds is 2. The summed E-state index contributed by atoms with van der Waals surface area (Å²) in [6, 6.07) is 4.09. The number of nitrogens with two attached hydrogens (primary N) is 1. The van der Waals surface area contributed by atoms with E-state index < -0.39 is 10.8 Å². The highest BCUT2D eigenvalue weighted by atomic mass is 32.2. The summed E-state index contributed by atoms with van der Waals surface area (Å²) in [5, 5.41) is 0.0261. The molecule has 1 aliphatic carbocycles. The van der Waals surface area contributed by atoms with Crippen LogP contribution < -0.4 is 5.73 Å². The molecule has 1 heterocycles. The summed E-state index contributed by atoms with van der Waals surface area (Å²) in [5.74, 6) is -0.386. The van der Waals surface area contributed by atoms with Gasteiger partial charge in [0.2, 0.25) is 0 Å². The molecule has 0 aromatic heterocycles. The predicted molar refractivity (Wildman–Crippen MR) is 72.8 cm³/mol. The number of benzene rings is 1. The molecule has 3 nitrogen and oxygen atoms in total. The lowest BCUT2D eigenvalue weighted by atomic mass is 9.75. The lowest BCUT2D eigenvalue weighted by Gasteiger charge is -2.46. The summed E-state index contributed by atoms with van der Waals surface area (Å²) in [4.78, 5) is 0.432. The summed E-state index contributed by atoms with van der Waals surface area (Å²) < 4.78 is 31.7. The van der Waals surface area contributed by atoms with E-state index >= 15 is 0 Å². The van der Waals surface area contributed by atoms with Crippen LogP contribution >= 0.6 is 0 Å². The average molecular weight is 283 g/mol. The van der Waals surface area contributed by atoms with Crippen LogP contribution in [0.25, 0.3) is 0 Å². The molecule has 2 aliphatic rings. The van der Waals surface area contributed by atoms with Gasteiger partial charge in [0, 0.05) is 17.5 Å². The molecule has 0 bridgehead atoms. The Balaban J connectivity index is 1.81. The molecule has 0 amide bonds. The zero-order chi connectivity index (χ0) is 13.5. The number of anilines is 1. The first-order chi connectivity index (χ1) is 9.10. The van der Waals surface area contributed by atoms with Gasteiger partial charge in [-0.1, -0.05) is 0 Å². The normalized spacial score (nSPS) is 26.9. The van der Waals surface area contributed by atoms with Crippen LogP contribution in [0.2, 0.25) is 0 Å². The number of halogens is 1. The smallest absolute Gasteiger partial charge is 0.124 e. The molecule has 19 heavy (non-hydrogen) atoms. The van der Waals surface area contributed by atoms with E-state index in [0.29, 0.717) is 17.2 Å². The maximum absolute atomic E-state index is 13.3. The average Bonchev–Trinajstić information content (AvgIpc) is 2.39. The van der Waals surface area contributed by atoms with E-state index in [2.05, 4.69) is 0 Å². The molecular weight excluding hydrogens is 265 g/mol. The van der Waals surface area contributed by atoms with Crippen molar-refractivity contribution < 1.29 is 13.3 Å². The van der Waals surface area contributed by atoms with Crippen molar-refractivity contribution in [2.45, 2.75) is 47.9 Å². The number of hydrogen-bond donors (Lipinski definition) is 1. The summed E-state index contributed by atoms with van der Waals surface area (Å²) in [6.45, 7) is 0.644. The van der Waals surface area contributed by atoms with Gasteiger partial charge in [0.15, 0.2) is 0 Å². The molecule has 2 unspecified atom stereocenters. The Labute approximate surface area is 114 Å². The van der Waals surface area contributed by atoms with Crippen molar-refractivity contribution in [3.63, 3.8) is 0 Å². The van der Waals surface area contributed by atoms with Crippen LogP contribution in [0, 0.1) is 5.82 Å². The van der Waals surface area contributed by atoms with Crippen molar-refractivity contribution in [1.29, 1.82) is 0 Å². The standard InChI is InChI=1S/C14H18FNO2S/c15-10-2-3-12(16)13(8-10)19(17)11-4-7-18-14(9-11)5-1-6-14/h2-3,8,11H,1,4-7,9,16H2. The molecule has 1 saturated carbocycles. The number of nitrogen functional groups attached to an aromatic ring is 1. The van der Waals surface area contributed by atoms with Gasteiger partial charge < -0.3 is 10.5 Å². The minimum Gasteiger partial charge on any atom is -0.398 e. The van der Waals surface area contributed by atoms with E-state index in [-0.39, 0.29) is 16.7 Å². The van der Waals surface area contributed by atoms with Crippen LogP contribution in [0.3, 0.4) is 0 Å². The molecule has 1 saturated heterocycles. The second-order valence-corrected chi connectivity index (χ2v) is 7.18. The molecule has 104 valence electrons. The van der Waals surface area contributed by atoms with Gasteiger partial charge >= 0.3 is 0 Å². The maximum atomic E-state index is 13.3. The van der Waals surface area contributed by atoms with Crippen LogP contribution in [0.15, 0.2) is 23.1 Å². The van der Waals surface area contributed by atoms with Crippen LogP contribution in [0.4, 0.5) is 10.1 Å². The molecule has 2 N–H and O–H groups in total. The molecule has 0 radical (unpaired) electrons. The predicted octanol–water partition coefficient (Wildman–Crippen LogP) is 2.62. The Morgan fingerprint density at radius 3 is 2.89 bits per heavy atom. The Hall–Kier alpha value is -0.940. The van der Waals surface area contributed by atoms with Gasteiger partial charge in [-0.2, -0.15) is 0 Å². The molecule has 1 aromatic carbocycles. The van der Waals surface area contributed by atoms with E-state index in [0.717, 1.165) is 25.7 Å². The topological polar surface area (TPSA) is 52.3 Å². The minimum atomic E-state index is -1.25.